The number of ketones is 1. The van der Waals surface area contributed by atoms with E-state index in [9.17, 15) is 9.59 Å². The zero-order valence-electron chi connectivity index (χ0n) is 14.6. The van der Waals surface area contributed by atoms with Crippen LogP contribution in [0.3, 0.4) is 0 Å². The SMILES string of the molecule is NCCCC[C@H](N)C(=O)C(O[C]=O)C1c2ccccc2-c2ccccc21. The number of carbonyl (C=O) groups excluding carboxylic acids is 2. The summed E-state index contributed by atoms with van der Waals surface area (Å²) in [5.41, 5.74) is 15.6. The van der Waals surface area contributed by atoms with E-state index < -0.39 is 12.1 Å². The molecule has 0 fully saturated rings. The van der Waals surface area contributed by atoms with E-state index in [4.69, 9.17) is 16.2 Å². The van der Waals surface area contributed by atoms with Gasteiger partial charge in [0.05, 0.1) is 12.0 Å². The lowest BCUT2D eigenvalue weighted by Gasteiger charge is -2.25. The normalized spacial score (nSPS) is 15.0. The molecule has 0 saturated carbocycles. The van der Waals surface area contributed by atoms with Crippen LogP contribution in [-0.4, -0.2) is 30.9 Å². The average molecular weight is 351 g/mol. The molecule has 0 spiro atoms. The Morgan fingerprint density at radius 1 is 1.04 bits per heavy atom. The first-order valence-corrected chi connectivity index (χ1v) is 8.89. The minimum Gasteiger partial charge on any atom is -0.445 e. The molecular weight excluding hydrogens is 328 g/mol. The van der Waals surface area contributed by atoms with Gasteiger partial charge in [-0.25, -0.2) is 4.79 Å². The predicted molar refractivity (Wildman–Crippen MR) is 100 cm³/mol. The van der Waals surface area contributed by atoms with Crippen LogP contribution in [0.15, 0.2) is 48.5 Å². The fourth-order valence-corrected chi connectivity index (χ4v) is 3.72. The molecule has 3 rings (SSSR count). The van der Waals surface area contributed by atoms with Gasteiger partial charge in [0.1, 0.15) is 0 Å². The van der Waals surface area contributed by atoms with E-state index in [1.165, 1.54) is 6.47 Å². The maximum absolute atomic E-state index is 13.0. The highest BCUT2D eigenvalue weighted by Crippen LogP contribution is 2.47. The molecule has 4 N–H and O–H groups in total. The number of benzene rings is 2. The molecule has 1 aliphatic rings. The van der Waals surface area contributed by atoms with Crippen LogP contribution in [-0.2, 0) is 14.3 Å². The van der Waals surface area contributed by atoms with Crippen LogP contribution >= 0.6 is 0 Å². The van der Waals surface area contributed by atoms with Crippen molar-refractivity contribution in [3.8, 4) is 11.1 Å². The zero-order chi connectivity index (χ0) is 18.5. The molecule has 26 heavy (non-hydrogen) atoms. The molecular formula is C21H23N2O3. The summed E-state index contributed by atoms with van der Waals surface area (Å²) in [6.07, 6.45) is 1.11. The topological polar surface area (TPSA) is 95.4 Å². The van der Waals surface area contributed by atoms with E-state index in [0.717, 1.165) is 35.1 Å². The van der Waals surface area contributed by atoms with Crippen LogP contribution in [0.2, 0.25) is 0 Å². The van der Waals surface area contributed by atoms with Crippen molar-refractivity contribution in [3.05, 3.63) is 59.7 Å². The lowest BCUT2D eigenvalue weighted by Crippen LogP contribution is -2.42. The zero-order valence-corrected chi connectivity index (χ0v) is 14.6. The summed E-state index contributed by atoms with van der Waals surface area (Å²) in [5.74, 6) is -0.640. The molecule has 0 aliphatic heterocycles. The number of hydrogen-bond acceptors (Lipinski definition) is 5. The summed E-state index contributed by atoms with van der Waals surface area (Å²) in [6, 6.07) is 15.0. The predicted octanol–water partition coefficient (Wildman–Crippen LogP) is 2.28. The largest absolute Gasteiger partial charge is 0.445 e. The monoisotopic (exact) mass is 351 g/mol. The Morgan fingerprint density at radius 3 is 2.15 bits per heavy atom. The van der Waals surface area contributed by atoms with Gasteiger partial charge in [-0.15, -0.1) is 0 Å². The molecule has 0 bridgehead atoms. The molecule has 1 aliphatic carbocycles. The Bertz CT molecular complexity index is 745. The molecule has 0 aromatic heterocycles. The second-order valence-electron chi connectivity index (χ2n) is 6.57. The van der Waals surface area contributed by atoms with Crippen molar-refractivity contribution in [3.63, 3.8) is 0 Å². The van der Waals surface area contributed by atoms with E-state index in [-0.39, 0.29) is 11.7 Å². The maximum Gasteiger partial charge on any atom is 0.418 e. The van der Waals surface area contributed by atoms with Crippen LogP contribution < -0.4 is 11.5 Å². The number of carbonyl (C=O) groups is 1. The molecule has 5 heteroatoms. The van der Waals surface area contributed by atoms with Gasteiger partial charge in [-0.2, -0.15) is 0 Å². The Balaban J connectivity index is 1.95. The quantitative estimate of drug-likeness (QED) is 0.676. The minimum absolute atomic E-state index is 0.276. The second kappa shape index (κ2) is 8.25. The van der Waals surface area contributed by atoms with Gasteiger partial charge >= 0.3 is 6.47 Å². The summed E-state index contributed by atoms with van der Waals surface area (Å²) in [6.45, 7) is 2.02. The van der Waals surface area contributed by atoms with Crippen molar-refractivity contribution < 1.29 is 14.3 Å². The highest BCUT2D eigenvalue weighted by atomic mass is 16.5. The Hall–Kier alpha value is -2.50. The number of rotatable bonds is 9. The maximum atomic E-state index is 13.0. The molecule has 1 unspecified atom stereocenters. The van der Waals surface area contributed by atoms with Gasteiger partial charge in [-0.1, -0.05) is 55.0 Å². The van der Waals surface area contributed by atoms with E-state index in [0.29, 0.717) is 13.0 Å². The summed E-state index contributed by atoms with van der Waals surface area (Å²) in [5, 5.41) is 0. The van der Waals surface area contributed by atoms with Gasteiger partial charge in [-0.3, -0.25) is 4.79 Å². The van der Waals surface area contributed by atoms with Crippen LogP contribution in [0.5, 0.6) is 0 Å². The van der Waals surface area contributed by atoms with E-state index in [2.05, 4.69) is 0 Å². The first kappa shape index (κ1) is 18.3. The van der Waals surface area contributed by atoms with Gasteiger partial charge in [0.25, 0.3) is 0 Å². The fraction of sp³-hybridized carbons (Fsp3) is 0.333. The van der Waals surface area contributed by atoms with Crippen molar-refractivity contribution in [2.24, 2.45) is 11.5 Å². The smallest absolute Gasteiger partial charge is 0.418 e. The number of ether oxygens (including phenoxy) is 1. The number of nitrogens with two attached hydrogens (primary N) is 2. The summed E-state index contributed by atoms with van der Waals surface area (Å²) >= 11 is 0. The van der Waals surface area contributed by atoms with Crippen molar-refractivity contribution in [2.45, 2.75) is 37.3 Å². The summed E-state index contributed by atoms with van der Waals surface area (Å²) < 4.78 is 5.17. The first-order chi connectivity index (χ1) is 12.7. The number of hydrogen-bond donors (Lipinski definition) is 2. The third kappa shape index (κ3) is 3.41. The van der Waals surface area contributed by atoms with Crippen LogP contribution in [0, 0.1) is 0 Å². The van der Waals surface area contributed by atoms with Crippen molar-refractivity contribution in [1.82, 2.24) is 0 Å². The Kier molecular flexibility index (Phi) is 5.81. The second-order valence-corrected chi connectivity index (χ2v) is 6.57. The van der Waals surface area contributed by atoms with E-state index in [1.54, 1.807) is 0 Å². The van der Waals surface area contributed by atoms with Crippen LogP contribution in [0.4, 0.5) is 0 Å². The first-order valence-electron chi connectivity index (χ1n) is 8.89. The Labute approximate surface area is 153 Å². The lowest BCUT2D eigenvalue weighted by atomic mass is 9.86. The van der Waals surface area contributed by atoms with Crippen LogP contribution in [0.25, 0.3) is 11.1 Å². The molecule has 0 saturated heterocycles. The fourth-order valence-electron chi connectivity index (χ4n) is 3.72. The third-order valence-electron chi connectivity index (χ3n) is 4.97. The van der Waals surface area contributed by atoms with Gasteiger partial charge in [0.2, 0.25) is 0 Å². The van der Waals surface area contributed by atoms with Gasteiger partial charge < -0.3 is 16.2 Å². The highest BCUT2D eigenvalue weighted by Gasteiger charge is 2.40. The number of unbranched alkanes of at least 4 members (excludes halogenated alkanes) is 1. The minimum atomic E-state index is -0.981. The van der Waals surface area contributed by atoms with Crippen LogP contribution in [0.1, 0.15) is 36.3 Å². The number of Topliss-reactive ketones (excluding diaryl/α,β-unsaturated/α-hetero) is 1. The van der Waals surface area contributed by atoms with Gasteiger partial charge in [0.15, 0.2) is 11.9 Å². The average Bonchev–Trinajstić information content (AvgIpc) is 3.00. The van der Waals surface area contributed by atoms with Gasteiger partial charge in [0, 0.05) is 0 Å². The molecule has 0 amide bonds. The summed E-state index contributed by atoms with van der Waals surface area (Å²) in [7, 11) is 0. The molecule has 2 aromatic carbocycles. The molecule has 0 heterocycles. The molecule has 2 atom stereocenters. The molecule has 1 radical (unpaired) electrons. The Morgan fingerprint density at radius 2 is 1.62 bits per heavy atom. The van der Waals surface area contributed by atoms with Crippen molar-refractivity contribution in [2.75, 3.05) is 6.54 Å². The highest BCUT2D eigenvalue weighted by molar-refractivity contribution is 5.92. The lowest BCUT2D eigenvalue weighted by molar-refractivity contribution is -0.128. The van der Waals surface area contributed by atoms with E-state index in [1.807, 2.05) is 48.5 Å². The number of fused-ring (bicyclic) bond motifs is 3. The molecule has 5 nitrogen and oxygen atoms in total. The summed E-state index contributed by atoms with van der Waals surface area (Å²) in [4.78, 5) is 24.0. The molecule has 2 aromatic rings. The van der Waals surface area contributed by atoms with E-state index >= 15 is 0 Å². The third-order valence-corrected chi connectivity index (χ3v) is 4.97. The van der Waals surface area contributed by atoms with Gasteiger partial charge in [-0.05, 0) is 41.6 Å². The molecule has 135 valence electrons. The van der Waals surface area contributed by atoms with Crippen molar-refractivity contribution in [1.29, 1.82) is 0 Å². The standard InChI is InChI=1S/C21H23N2O3/c22-12-6-5-11-18(23)20(25)21(26-13-24)19-16-9-3-1-7-14(16)15-8-2-4-10-17(15)19/h1-4,7-10,18-19,21H,5-6,11-12,22-23H2/t18-,21?/m0/s1. The van der Waals surface area contributed by atoms with Crippen molar-refractivity contribution >= 4 is 12.3 Å².